The minimum atomic E-state index is -0.192. The van der Waals surface area contributed by atoms with Crippen LogP contribution in [0.4, 0.5) is 0 Å². The van der Waals surface area contributed by atoms with Gasteiger partial charge in [0.1, 0.15) is 5.75 Å². The Balaban J connectivity index is 2.66. The van der Waals surface area contributed by atoms with Crippen LogP contribution in [0.15, 0.2) is 18.2 Å². The SMILES string of the molecule is CCC(CC)NC(=O)COc1ccc(Cl)cc1C(C)=O. The summed E-state index contributed by atoms with van der Waals surface area (Å²) in [7, 11) is 0. The molecule has 0 atom stereocenters. The largest absolute Gasteiger partial charge is 0.483 e. The molecule has 4 nitrogen and oxygen atoms in total. The highest BCUT2D eigenvalue weighted by Gasteiger charge is 2.12. The van der Waals surface area contributed by atoms with E-state index in [1.807, 2.05) is 13.8 Å². The van der Waals surface area contributed by atoms with Gasteiger partial charge in [0, 0.05) is 11.1 Å². The molecule has 110 valence electrons. The zero-order valence-corrected chi connectivity index (χ0v) is 12.8. The third-order valence-electron chi connectivity index (χ3n) is 3.03. The summed E-state index contributed by atoms with van der Waals surface area (Å²) in [5, 5.41) is 3.33. The molecule has 0 radical (unpaired) electrons. The zero-order chi connectivity index (χ0) is 15.1. The third kappa shape index (κ3) is 4.85. The van der Waals surface area contributed by atoms with Gasteiger partial charge >= 0.3 is 0 Å². The molecule has 0 aliphatic rings. The Morgan fingerprint density at radius 2 is 1.95 bits per heavy atom. The summed E-state index contributed by atoms with van der Waals surface area (Å²) >= 11 is 5.84. The molecular formula is C15H20ClNO3. The number of ketones is 1. The maximum atomic E-state index is 11.7. The molecule has 0 aliphatic carbocycles. The van der Waals surface area contributed by atoms with E-state index in [1.165, 1.54) is 13.0 Å². The first-order chi connectivity index (χ1) is 9.47. The van der Waals surface area contributed by atoms with Crippen molar-refractivity contribution in [1.82, 2.24) is 5.32 Å². The Morgan fingerprint density at radius 1 is 1.30 bits per heavy atom. The van der Waals surface area contributed by atoms with E-state index >= 15 is 0 Å². The van der Waals surface area contributed by atoms with Crippen molar-refractivity contribution in [1.29, 1.82) is 0 Å². The predicted octanol–water partition coefficient (Wildman–Crippen LogP) is 3.23. The van der Waals surface area contributed by atoms with Gasteiger partial charge in [0.15, 0.2) is 12.4 Å². The Bertz CT molecular complexity index is 484. The van der Waals surface area contributed by atoms with Gasteiger partial charge in [-0.1, -0.05) is 25.4 Å². The quantitative estimate of drug-likeness (QED) is 0.786. The number of Topliss-reactive ketones (excluding diaryl/α,β-unsaturated/α-hetero) is 1. The van der Waals surface area contributed by atoms with Gasteiger partial charge in [0.25, 0.3) is 5.91 Å². The van der Waals surface area contributed by atoms with E-state index in [0.29, 0.717) is 16.3 Å². The lowest BCUT2D eigenvalue weighted by Crippen LogP contribution is -2.37. The standard InChI is InChI=1S/C15H20ClNO3/c1-4-12(5-2)17-15(19)9-20-14-7-6-11(16)8-13(14)10(3)18/h6-8,12H,4-5,9H2,1-3H3,(H,17,19). The smallest absolute Gasteiger partial charge is 0.258 e. The maximum Gasteiger partial charge on any atom is 0.258 e. The highest BCUT2D eigenvalue weighted by atomic mass is 35.5. The number of benzene rings is 1. The van der Waals surface area contributed by atoms with E-state index in [2.05, 4.69) is 5.32 Å². The van der Waals surface area contributed by atoms with Crippen molar-refractivity contribution in [3.63, 3.8) is 0 Å². The van der Waals surface area contributed by atoms with Gasteiger partial charge in [-0.15, -0.1) is 0 Å². The van der Waals surface area contributed by atoms with Crippen LogP contribution in [0.1, 0.15) is 44.0 Å². The third-order valence-corrected chi connectivity index (χ3v) is 3.27. The van der Waals surface area contributed by atoms with Crippen LogP contribution in [-0.4, -0.2) is 24.3 Å². The van der Waals surface area contributed by atoms with E-state index in [4.69, 9.17) is 16.3 Å². The summed E-state index contributed by atoms with van der Waals surface area (Å²) in [6.45, 7) is 5.35. The first-order valence-corrected chi connectivity index (χ1v) is 7.08. The van der Waals surface area contributed by atoms with Crippen molar-refractivity contribution in [3.8, 4) is 5.75 Å². The van der Waals surface area contributed by atoms with Crippen LogP contribution in [-0.2, 0) is 4.79 Å². The summed E-state index contributed by atoms with van der Waals surface area (Å²) < 4.78 is 5.41. The normalized spacial score (nSPS) is 10.4. The van der Waals surface area contributed by atoms with Crippen molar-refractivity contribution in [2.24, 2.45) is 0 Å². The molecule has 0 aromatic heterocycles. The highest BCUT2D eigenvalue weighted by Crippen LogP contribution is 2.23. The van der Waals surface area contributed by atoms with Gasteiger partial charge in [0.05, 0.1) is 5.56 Å². The Labute approximate surface area is 124 Å². The fraction of sp³-hybridized carbons (Fsp3) is 0.467. The highest BCUT2D eigenvalue weighted by molar-refractivity contribution is 6.31. The van der Waals surface area contributed by atoms with Crippen LogP contribution in [0.5, 0.6) is 5.75 Å². The lowest BCUT2D eigenvalue weighted by Gasteiger charge is -2.15. The van der Waals surface area contributed by atoms with Gasteiger partial charge in [0.2, 0.25) is 0 Å². The van der Waals surface area contributed by atoms with E-state index in [-0.39, 0.29) is 24.3 Å². The molecule has 0 fully saturated rings. The average Bonchev–Trinajstić information content (AvgIpc) is 2.43. The average molecular weight is 298 g/mol. The number of ether oxygens (including phenoxy) is 1. The molecule has 0 spiro atoms. The predicted molar refractivity (Wildman–Crippen MR) is 79.5 cm³/mol. The van der Waals surface area contributed by atoms with Crippen LogP contribution in [0.25, 0.3) is 0 Å². The number of halogens is 1. The minimum Gasteiger partial charge on any atom is -0.483 e. The molecule has 0 saturated heterocycles. The summed E-state index contributed by atoms with van der Waals surface area (Å²) in [5.74, 6) is 0.0349. The van der Waals surface area contributed by atoms with Crippen LogP contribution >= 0.6 is 11.6 Å². The van der Waals surface area contributed by atoms with E-state index < -0.39 is 0 Å². The second-order valence-corrected chi connectivity index (χ2v) is 5.00. The van der Waals surface area contributed by atoms with E-state index in [9.17, 15) is 9.59 Å². The Morgan fingerprint density at radius 3 is 2.50 bits per heavy atom. The van der Waals surface area contributed by atoms with Gasteiger partial charge in [-0.2, -0.15) is 0 Å². The van der Waals surface area contributed by atoms with Crippen molar-refractivity contribution >= 4 is 23.3 Å². The molecule has 1 rings (SSSR count). The van der Waals surface area contributed by atoms with Gasteiger partial charge in [-0.3, -0.25) is 9.59 Å². The number of amides is 1. The molecule has 1 N–H and O–H groups in total. The number of carbonyl (C=O) groups is 2. The fourth-order valence-electron chi connectivity index (χ4n) is 1.81. The summed E-state index contributed by atoms with van der Waals surface area (Å²) in [6, 6.07) is 4.92. The molecule has 1 aromatic carbocycles. The fourth-order valence-corrected chi connectivity index (χ4v) is 1.98. The minimum absolute atomic E-state index is 0.113. The molecule has 1 amide bonds. The number of hydrogen-bond acceptors (Lipinski definition) is 3. The van der Waals surface area contributed by atoms with Crippen molar-refractivity contribution in [2.45, 2.75) is 39.7 Å². The van der Waals surface area contributed by atoms with Gasteiger partial charge < -0.3 is 10.1 Å². The molecule has 0 unspecified atom stereocenters. The molecule has 5 heteroatoms. The van der Waals surface area contributed by atoms with Crippen LogP contribution in [0.2, 0.25) is 5.02 Å². The Kier molecular flexibility index (Phi) is 6.52. The molecule has 20 heavy (non-hydrogen) atoms. The van der Waals surface area contributed by atoms with Crippen LogP contribution < -0.4 is 10.1 Å². The van der Waals surface area contributed by atoms with Crippen molar-refractivity contribution in [2.75, 3.05) is 6.61 Å². The molecule has 0 saturated carbocycles. The van der Waals surface area contributed by atoms with Gasteiger partial charge in [-0.05, 0) is 38.0 Å². The number of rotatable bonds is 7. The van der Waals surface area contributed by atoms with Crippen LogP contribution in [0, 0.1) is 0 Å². The van der Waals surface area contributed by atoms with E-state index in [0.717, 1.165) is 12.8 Å². The summed E-state index contributed by atoms with van der Waals surface area (Å²) in [6.07, 6.45) is 1.75. The monoisotopic (exact) mass is 297 g/mol. The second kappa shape index (κ2) is 7.90. The topological polar surface area (TPSA) is 55.4 Å². The number of nitrogens with one attached hydrogen (secondary N) is 1. The maximum absolute atomic E-state index is 11.7. The van der Waals surface area contributed by atoms with Crippen molar-refractivity contribution in [3.05, 3.63) is 28.8 Å². The first-order valence-electron chi connectivity index (χ1n) is 6.70. The zero-order valence-electron chi connectivity index (χ0n) is 12.0. The summed E-state index contributed by atoms with van der Waals surface area (Å²) in [4.78, 5) is 23.2. The Hall–Kier alpha value is -1.55. The molecule has 1 aromatic rings. The molecule has 0 heterocycles. The van der Waals surface area contributed by atoms with Crippen LogP contribution in [0.3, 0.4) is 0 Å². The number of hydrogen-bond donors (Lipinski definition) is 1. The van der Waals surface area contributed by atoms with Crippen molar-refractivity contribution < 1.29 is 14.3 Å². The van der Waals surface area contributed by atoms with E-state index in [1.54, 1.807) is 12.1 Å². The second-order valence-electron chi connectivity index (χ2n) is 4.57. The lowest BCUT2D eigenvalue weighted by molar-refractivity contribution is -0.123. The number of carbonyl (C=O) groups excluding carboxylic acids is 2. The molecule has 0 bridgehead atoms. The summed E-state index contributed by atoms with van der Waals surface area (Å²) in [5.41, 5.74) is 0.382. The molecule has 0 aliphatic heterocycles. The lowest BCUT2D eigenvalue weighted by atomic mass is 10.1. The first kappa shape index (κ1) is 16.5. The molecular weight excluding hydrogens is 278 g/mol. The van der Waals surface area contributed by atoms with Gasteiger partial charge in [-0.25, -0.2) is 0 Å².